The van der Waals surface area contributed by atoms with Gasteiger partial charge in [0.05, 0.1) is 17.3 Å². The van der Waals surface area contributed by atoms with E-state index >= 15 is 4.39 Å². The van der Waals surface area contributed by atoms with Gasteiger partial charge in [-0.3, -0.25) is 4.79 Å². The van der Waals surface area contributed by atoms with E-state index in [1.54, 1.807) is 85.6 Å². The predicted molar refractivity (Wildman–Crippen MR) is 187 cm³/mol. The molecule has 0 spiro atoms. The number of piperidine rings is 1. The number of pyridine rings is 1. The lowest BCUT2D eigenvalue weighted by atomic mass is 9.88. The number of likely N-dealkylation sites (N-methyl/N-ethyl adjacent to an activating group) is 1. The SMILES string of the molecule is CN(C)C(=O)/C=C/CNC1CCN(c2ccc(/C(=C(/CC(F)(F)F)c3ccccc3)c3ccc4c(c3)c(F)nn4C3CCCCO3)cn2)CC1. The summed E-state index contributed by atoms with van der Waals surface area (Å²) in [4.78, 5) is 20.2. The van der Waals surface area contributed by atoms with E-state index in [-0.39, 0.29) is 16.9 Å². The molecule has 1 atom stereocenters. The lowest BCUT2D eigenvalue weighted by molar-refractivity contribution is -0.124. The molecule has 2 saturated heterocycles. The van der Waals surface area contributed by atoms with Crippen molar-refractivity contribution in [2.24, 2.45) is 0 Å². The van der Waals surface area contributed by atoms with E-state index in [1.807, 2.05) is 12.1 Å². The Balaban J connectivity index is 1.30. The number of benzene rings is 2. The molecule has 2 aromatic heterocycles. The highest BCUT2D eigenvalue weighted by atomic mass is 19.4. The molecule has 0 radical (unpaired) electrons. The second-order valence-electron chi connectivity index (χ2n) is 13.0. The first-order chi connectivity index (χ1) is 24.1. The Morgan fingerprint density at radius 1 is 1.00 bits per heavy atom. The van der Waals surface area contributed by atoms with Crippen LogP contribution >= 0.6 is 0 Å². The number of hydrogen-bond acceptors (Lipinski definition) is 6. The van der Waals surface area contributed by atoms with Crippen LogP contribution in [-0.4, -0.2) is 78.1 Å². The van der Waals surface area contributed by atoms with E-state index in [0.29, 0.717) is 53.4 Å². The molecule has 1 unspecified atom stereocenters. The van der Waals surface area contributed by atoms with Crippen molar-refractivity contribution in [1.82, 2.24) is 25.0 Å². The van der Waals surface area contributed by atoms with Crippen molar-refractivity contribution in [2.45, 2.75) is 57.0 Å². The van der Waals surface area contributed by atoms with Gasteiger partial charge in [0.15, 0.2) is 6.23 Å². The van der Waals surface area contributed by atoms with Crippen LogP contribution in [-0.2, 0) is 9.53 Å². The van der Waals surface area contributed by atoms with Crippen molar-refractivity contribution >= 4 is 33.8 Å². The van der Waals surface area contributed by atoms with Gasteiger partial charge in [-0.25, -0.2) is 9.67 Å². The van der Waals surface area contributed by atoms with Gasteiger partial charge in [-0.1, -0.05) is 42.5 Å². The summed E-state index contributed by atoms with van der Waals surface area (Å²) in [5.74, 6) is -0.0238. The largest absolute Gasteiger partial charge is 0.393 e. The number of rotatable bonds is 10. The van der Waals surface area contributed by atoms with Crippen LogP contribution in [0.2, 0.25) is 0 Å². The number of hydrogen-bond donors (Lipinski definition) is 1. The smallest absolute Gasteiger partial charge is 0.357 e. The van der Waals surface area contributed by atoms with E-state index in [4.69, 9.17) is 9.72 Å². The maximum absolute atomic E-state index is 15.4. The fourth-order valence-corrected chi connectivity index (χ4v) is 6.66. The third-order valence-electron chi connectivity index (χ3n) is 9.26. The van der Waals surface area contributed by atoms with E-state index in [1.165, 1.54) is 4.90 Å². The minimum Gasteiger partial charge on any atom is -0.357 e. The normalized spacial score (nSPS) is 18.1. The van der Waals surface area contributed by atoms with E-state index < -0.39 is 24.8 Å². The number of anilines is 1. The highest BCUT2D eigenvalue weighted by molar-refractivity contribution is 6.00. The number of carbonyl (C=O) groups excluding carboxylic acids is 1. The van der Waals surface area contributed by atoms with E-state index in [0.717, 1.165) is 44.6 Å². The molecule has 4 aromatic rings. The fraction of sp³-hybridized carbons (Fsp3) is 0.395. The third-order valence-corrected chi connectivity index (χ3v) is 9.26. The third kappa shape index (κ3) is 8.42. The highest BCUT2D eigenvalue weighted by Gasteiger charge is 2.32. The first kappa shape index (κ1) is 35.3. The summed E-state index contributed by atoms with van der Waals surface area (Å²) in [5.41, 5.74) is 2.29. The number of nitrogens with one attached hydrogen (secondary N) is 1. The Kier molecular flexibility index (Phi) is 11.0. The van der Waals surface area contributed by atoms with E-state index in [9.17, 15) is 18.0 Å². The van der Waals surface area contributed by atoms with Gasteiger partial charge in [-0.05, 0) is 78.6 Å². The molecule has 1 N–H and O–H groups in total. The summed E-state index contributed by atoms with van der Waals surface area (Å²) >= 11 is 0. The van der Waals surface area contributed by atoms with Gasteiger partial charge in [0, 0.05) is 64.2 Å². The summed E-state index contributed by atoms with van der Waals surface area (Å²) in [6.07, 6.45) is 3.24. The molecule has 8 nitrogen and oxygen atoms in total. The molecule has 0 bridgehead atoms. The van der Waals surface area contributed by atoms with Crippen LogP contribution in [0.25, 0.3) is 22.0 Å². The van der Waals surface area contributed by atoms with Crippen LogP contribution in [0.1, 0.15) is 61.4 Å². The average molecular weight is 691 g/mol. The number of ether oxygens (including phenoxy) is 1. The van der Waals surface area contributed by atoms with Crippen molar-refractivity contribution in [3.05, 3.63) is 102 Å². The molecule has 50 heavy (non-hydrogen) atoms. The van der Waals surface area contributed by atoms with Crippen molar-refractivity contribution < 1.29 is 27.1 Å². The lowest BCUT2D eigenvalue weighted by Crippen LogP contribution is -2.42. The molecule has 2 aliphatic rings. The van der Waals surface area contributed by atoms with Gasteiger partial charge in [0.2, 0.25) is 11.9 Å². The number of alkyl halides is 3. The lowest BCUT2D eigenvalue weighted by Gasteiger charge is -2.33. The van der Waals surface area contributed by atoms with Crippen molar-refractivity contribution in [1.29, 1.82) is 0 Å². The standard InChI is InChI=1S/C38H42F4N6O2/c1-46(2)34(49)11-8-19-43-29-17-20-47(21-18-29)33-16-14-28(25-44-33)36(31(24-38(40,41)42)26-9-4-3-5-10-26)27-13-15-32-30(23-27)37(39)45-48(32)35-12-6-7-22-50-35/h3-5,8-11,13-16,23,25,29,35,43H,6-7,12,17-22,24H2,1-2H3/b11-8+,36-31-. The summed E-state index contributed by atoms with van der Waals surface area (Å²) in [6.45, 7) is 2.66. The Hall–Kier alpha value is -4.55. The monoisotopic (exact) mass is 690 g/mol. The Bertz CT molecular complexity index is 1820. The van der Waals surface area contributed by atoms with Crippen LogP contribution < -0.4 is 10.2 Å². The maximum Gasteiger partial charge on any atom is 0.393 e. The fourth-order valence-electron chi connectivity index (χ4n) is 6.66. The number of halogens is 4. The Morgan fingerprint density at radius 3 is 2.42 bits per heavy atom. The Morgan fingerprint density at radius 2 is 1.76 bits per heavy atom. The zero-order valence-corrected chi connectivity index (χ0v) is 28.3. The summed E-state index contributed by atoms with van der Waals surface area (Å²) in [7, 11) is 3.42. The molecular weight excluding hydrogens is 648 g/mol. The molecule has 0 saturated carbocycles. The molecule has 12 heteroatoms. The topological polar surface area (TPSA) is 75.5 Å². The predicted octanol–water partition coefficient (Wildman–Crippen LogP) is 7.38. The number of aromatic nitrogens is 3. The zero-order valence-electron chi connectivity index (χ0n) is 28.3. The van der Waals surface area contributed by atoms with Gasteiger partial charge >= 0.3 is 6.18 Å². The quantitative estimate of drug-likeness (QED) is 0.106. The molecule has 2 aliphatic heterocycles. The van der Waals surface area contributed by atoms with Gasteiger partial charge in [0.1, 0.15) is 5.82 Å². The maximum atomic E-state index is 15.4. The van der Waals surface area contributed by atoms with Crippen molar-refractivity contribution in [2.75, 3.05) is 45.2 Å². The number of carbonyl (C=O) groups is 1. The van der Waals surface area contributed by atoms with Gasteiger partial charge < -0.3 is 19.9 Å². The van der Waals surface area contributed by atoms with Crippen LogP contribution in [0.5, 0.6) is 0 Å². The average Bonchev–Trinajstić information content (AvgIpc) is 3.46. The summed E-state index contributed by atoms with van der Waals surface area (Å²) in [5, 5.41) is 7.83. The molecule has 4 heterocycles. The van der Waals surface area contributed by atoms with Crippen molar-refractivity contribution in [3.8, 4) is 0 Å². The second kappa shape index (κ2) is 15.6. The Labute approximate surface area is 289 Å². The van der Waals surface area contributed by atoms with Crippen molar-refractivity contribution in [3.63, 3.8) is 0 Å². The molecule has 6 rings (SSSR count). The first-order valence-electron chi connectivity index (χ1n) is 17.0. The number of allylic oxidation sites excluding steroid dienone is 1. The van der Waals surface area contributed by atoms with Gasteiger partial charge in [-0.15, -0.1) is 5.10 Å². The number of amides is 1. The summed E-state index contributed by atoms with van der Waals surface area (Å²) < 4.78 is 65.5. The van der Waals surface area contributed by atoms with Gasteiger partial charge in [-0.2, -0.15) is 17.6 Å². The minimum atomic E-state index is -4.50. The molecule has 2 fully saturated rings. The number of nitrogens with zero attached hydrogens (tertiary/aromatic N) is 5. The highest BCUT2D eigenvalue weighted by Crippen LogP contribution is 2.41. The van der Waals surface area contributed by atoms with Gasteiger partial charge in [0.25, 0.3) is 0 Å². The van der Waals surface area contributed by atoms with Crippen LogP contribution in [0.3, 0.4) is 0 Å². The second-order valence-corrected chi connectivity index (χ2v) is 13.0. The zero-order chi connectivity index (χ0) is 35.3. The molecule has 1 amide bonds. The minimum absolute atomic E-state index is 0.0583. The van der Waals surface area contributed by atoms with Crippen LogP contribution in [0.15, 0.2) is 79.0 Å². The van der Waals surface area contributed by atoms with Crippen LogP contribution in [0.4, 0.5) is 23.4 Å². The molecule has 264 valence electrons. The molecule has 0 aliphatic carbocycles. The van der Waals surface area contributed by atoms with Crippen LogP contribution in [0, 0.1) is 5.95 Å². The number of fused-ring (bicyclic) bond motifs is 1. The summed E-state index contributed by atoms with van der Waals surface area (Å²) in [6, 6.07) is 17.5. The van der Waals surface area contributed by atoms with E-state index in [2.05, 4.69) is 15.3 Å². The molecular formula is C38H42F4N6O2. The molecule has 2 aromatic carbocycles. The first-order valence-corrected chi connectivity index (χ1v) is 17.0.